The van der Waals surface area contributed by atoms with Crippen molar-refractivity contribution in [3.63, 3.8) is 0 Å². The quantitative estimate of drug-likeness (QED) is 0.0222. The second-order valence-corrected chi connectivity index (χ2v) is 36.2. The SMILES string of the molecule is CCCCCCCCCCCCCCCCCCCCCCC(=O)O[C@H](COC(=O)CCCCCCCCCCCCCCCCCCCCC)COP(=O)(O)OC[C@@H](O)COP(=O)(O)OC[C@@H](COC(=O)CCCCCCCCCCCC(C)C)OC(=O)CCCCCCCCCCCCCCCCCC(C)C. The highest BCUT2D eigenvalue weighted by Crippen LogP contribution is 2.45. The first-order valence-corrected chi connectivity index (χ1v) is 49.5. The van der Waals surface area contributed by atoms with Crippen LogP contribution in [0.5, 0.6) is 0 Å². The molecule has 0 radical (unpaired) electrons. The van der Waals surface area contributed by atoms with Crippen molar-refractivity contribution < 1.29 is 80.2 Å². The van der Waals surface area contributed by atoms with E-state index in [-0.39, 0.29) is 25.7 Å². The van der Waals surface area contributed by atoms with Crippen LogP contribution in [0.4, 0.5) is 0 Å². The summed E-state index contributed by atoms with van der Waals surface area (Å²) in [7, 11) is -9.94. The van der Waals surface area contributed by atoms with Crippen LogP contribution >= 0.6 is 15.6 Å². The van der Waals surface area contributed by atoms with Gasteiger partial charge < -0.3 is 33.8 Å². The Morgan fingerprint density at radius 3 is 0.624 bits per heavy atom. The van der Waals surface area contributed by atoms with Crippen molar-refractivity contribution in [1.29, 1.82) is 0 Å². The van der Waals surface area contributed by atoms with E-state index in [1.807, 2.05) is 0 Å². The first kappa shape index (κ1) is 107. The van der Waals surface area contributed by atoms with Gasteiger partial charge >= 0.3 is 39.5 Å². The fourth-order valence-corrected chi connectivity index (χ4v) is 15.7. The average molecular weight is 1590 g/mol. The van der Waals surface area contributed by atoms with Crippen molar-refractivity contribution in [3.8, 4) is 0 Å². The predicted molar refractivity (Wildman–Crippen MR) is 451 cm³/mol. The average Bonchev–Trinajstić information content (AvgIpc) is 0.900. The fourth-order valence-electron chi connectivity index (χ4n) is 14.1. The minimum atomic E-state index is -4.97. The molecule has 0 aliphatic rings. The van der Waals surface area contributed by atoms with Crippen molar-refractivity contribution in [3.05, 3.63) is 0 Å². The van der Waals surface area contributed by atoms with E-state index in [2.05, 4.69) is 41.5 Å². The molecule has 0 saturated heterocycles. The third-order valence-electron chi connectivity index (χ3n) is 21.2. The van der Waals surface area contributed by atoms with Crippen molar-refractivity contribution >= 4 is 39.5 Å². The number of aliphatic hydroxyl groups is 1. The summed E-state index contributed by atoms with van der Waals surface area (Å²) in [4.78, 5) is 73.4. The van der Waals surface area contributed by atoms with E-state index in [4.69, 9.17) is 37.0 Å². The van der Waals surface area contributed by atoms with Gasteiger partial charge in [-0.1, -0.05) is 433 Å². The number of esters is 4. The van der Waals surface area contributed by atoms with E-state index >= 15 is 0 Å². The van der Waals surface area contributed by atoms with Gasteiger partial charge in [0.2, 0.25) is 0 Å². The van der Waals surface area contributed by atoms with Gasteiger partial charge in [0.15, 0.2) is 12.2 Å². The molecule has 0 heterocycles. The lowest BCUT2D eigenvalue weighted by molar-refractivity contribution is -0.161. The number of hydrogen-bond donors (Lipinski definition) is 3. The van der Waals surface area contributed by atoms with E-state index in [9.17, 15) is 43.2 Å². The molecule has 0 bridgehead atoms. The largest absolute Gasteiger partial charge is 0.472 e. The second-order valence-electron chi connectivity index (χ2n) is 33.3. The van der Waals surface area contributed by atoms with Gasteiger partial charge in [-0.2, -0.15) is 0 Å². The standard InChI is InChI=1S/C90H176O17P2/c1-7-9-11-13-15-17-19-21-23-25-27-29-31-35-39-43-49-56-62-68-74-89(94)106-85(78-100-87(92)72-66-60-54-48-42-38-34-30-28-26-24-22-20-18-16-14-12-10-8-2)80-104-108(96,97)102-76-84(91)77-103-109(98,99)105-81-86(79-101-88(93)73-67-61-55-51-45-47-53-59-65-71-83(5)6)107-90(95)75-69-63-57-50-44-40-36-32-33-37-41-46-52-58-64-70-82(3)4/h82-86,91H,7-81H2,1-6H3,(H,96,97)(H,98,99)/t84-,85-,86-/m1/s1. The molecule has 0 aromatic rings. The van der Waals surface area contributed by atoms with E-state index < -0.39 is 97.5 Å². The number of phosphoric ester groups is 2. The lowest BCUT2D eigenvalue weighted by Crippen LogP contribution is -2.30. The van der Waals surface area contributed by atoms with E-state index in [0.717, 1.165) is 102 Å². The van der Waals surface area contributed by atoms with Crippen LogP contribution in [-0.2, 0) is 65.4 Å². The maximum atomic E-state index is 13.2. The Morgan fingerprint density at radius 2 is 0.422 bits per heavy atom. The van der Waals surface area contributed by atoms with Gasteiger partial charge in [0.1, 0.15) is 19.3 Å². The summed E-state index contributed by atoms with van der Waals surface area (Å²) in [5, 5.41) is 10.7. The predicted octanol–water partition coefficient (Wildman–Crippen LogP) is 27.8. The molecule has 0 aliphatic heterocycles. The van der Waals surface area contributed by atoms with Crippen molar-refractivity contribution in [2.75, 3.05) is 39.6 Å². The summed E-state index contributed by atoms with van der Waals surface area (Å²) >= 11 is 0. The number of carbonyl (C=O) groups is 4. The van der Waals surface area contributed by atoms with Gasteiger partial charge in [-0.15, -0.1) is 0 Å². The Hall–Kier alpha value is -1.94. The Labute approximate surface area is 670 Å². The minimum absolute atomic E-state index is 0.108. The first-order chi connectivity index (χ1) is 52.9. The Morgan fingerprint density at radius 1 is 0.248 bits per heavy atom. The topological polar surface area (TPSA) is 237 Å². The van der Waals surface area contributed by atoms with E-state index in [1.54, 1.807) is 0 Å². The molecule has 0 spiro atoms. The highest BCUT2D eigenvalue weighted by molar-refractivity contribution is 7.47. The summed E-state index contributed by atoms with van der Waals surface area (Å²) in [6.07, 6.45) is 75.1. The number of phosphoric acid groups is 2. The zero-order valence-corrected chi connectivity index (χ0v) is 73.7. The maximum Gasteiger partial charge on any atom is 0.472 e. The van der Waals surface area contributed by atoms with Crippen LogP contribution in [0.25, 0.3) is 0 Å². The minimum Gasteiger partial charge on any atom is -0.462 e. The van der Waals surface area contributed by atoms with Crippen LogP contribution in [0.2, 0.25) is 0 Å². The van der Waals surface area contributed by atoms with Gasteiger partial charge in [0.05, 0.1) is 26.4 Å². The monoisotopic (exact) mass is 1590 g/mol. The van der Waals surface area contributed by atoms with Gasteiger partial charge in [-0.25, -0.2) is 9.13 Å². The smallest absolute Gasteiger partial charge is 0.462 e. The van der Waals surface area contributed by atoms with Crippen LogP contribution in [0.1, 0.15) is 485 Å². The third-order valence-corrected chi connectivity index (χ3v) is 23.1. The lowest BCUT2D eigenvalue weighted by Gasteiger charge is -2.21. The molecule has 0 amide bonds. The number of aliphatic hydroxyl groups excluding tert-OH is 1. The molecule has 0 rings (SSSR count). The fraction of sp³-hybridized carbons (Fsp3) is 0.956. The molecule has 17 nitrogen and oxygen atoms in total. The zero-order valence-electron chi connectivity index (χ0n) is 71.9. The summed E-state index contributed by atoms with van der Waals surface area (Å²) in [5.74, 6) is -0.551. The van der Waals surface area contributed by atoms with Crippen molar-refractivity contribution in [1.82, 2.24) is 0 Å². The number of carbonyl (C=O) groups excluding carboxylic acids is 4. The zero-order chi connectivity index (χ0) is 79.9. The van der Waals surface area contributed by atoms with Crippen LogP contribution < -0.4 is 0 Å². The normalized spacial score (nSPS) is 13.8. The van der Waals surface area contributed by atoms with Gasteiger partial charge in [0.25, 0.3) is 0 Å². The number of ether oxygens (including phenoxy) is 4. The van der Waals surface area contributed by atoms with Gasteiger partial charge in [-0.3, -0.25) is 37.3 Å². The molecule has 0 fully saturated rings. The Kier molecular flexibility index (Phi) is 79.8. The molecule has 0 saturated carbocycles. The molecule has 0 aromatic carbocycles. The third kappa shape index (κ3) is 83.8. The summed E-state index contributed by atoms with van der Waals surface area (Å²) in [5.41, 5.74) is 0. The lowest BCUT2D eigenvalue weighted by atomic mass is 10.0. The number of hydrogen-bond acceptors (Lipinski definition) is 15. The molecular formula is C90H176O17P2. The number of unbranched alkanes of at least 4 members (excludes halogenated alkanes) is 59. The molecule has 109 heavy (non-hydrogen) atoms. The highest BCUT2D eigenvalue weighted by atomic mass is 31.2. The Balaban J connectivity index is 5.25. The molecule has 5 atom stereocenters. The van der Waals surface area contributed by atoms with Crippen LogP contribution in [-0.4, -0.2) is 96.7 Å². The first-order valence-electron chi connectivity index (χ1n) is 46.5. The number of rotatable bonds is 89. The van der Waals surface area contributed by atoms with E-state index in [0.29, 0.717) is 25.7 Å². The van der Waals surface area contributed by atoms with Crippen molar-refractivity contribution in [2.24, 2.45) is 11.8 Å². The molecule has 0 aliphatic carbocycles. The maximum absolute atomic E-state index is 13.2. The summed E-state index contributed by atoms with van der Waals surface area (Å²) in [6.45, 7) is 9.71. The molecule has 19 heteroatoms. The Bertz CT molecular complexity index is 2080. The molecule has 648 valence electrons. The molecular weight excluding hydrogens is 1410 g/mol. The van der Waals surface area contributed by atoms with Crippen LogP contribution in [0.15, 0.2) is 0 Å². The molecule has 3 N–H and O–H groups in total. The molecule has 2 unspecified atom stereocenters. The molecule has 0 aromatic heterocycles. The second kappa shape index (κ2) is 81.2. The van der Waals surface area contributed by atoms with Gasteiger partial charge in [-0.05, 0) is 37.5 Å². The van der Waals surface area contributed by atoms with Crippen LogP contribution in [0.3, 0.4) is 0 Å². The summed E-state index contributed by atoms with van der Waals surface area (Å²) < 4.78 is 69.1. The van der Waals surface area contributed by atoms with Crippen LogP contribution in [0, 0.1) is 11.8 Å². The van der Waals surface area contributed by atoms with Crippen molar-refractivity contribution in [2.45, 2.75) is 503 Å². The highest BCUT2D eigenvalue weighted by Gasteiger charge is 2.31. The summed E-state index contributed by atoms with van der Waals surface area (Å²) in [6, 6.07) is 0. The van der Waals surface area contributed by atoms with E-state index in [1.165, 1.54) is 302 Å². The van der Waals surface area contributed by atoms with Gasteiger partial charge in [0, 0.05) is 25.7 Å².